The zero-order valence-electron chi connectivity index (χ0n) is 9.17. The third-order valence-electron chi connectivity index (χ3n) is 1.48. The number of hydrogen-bond donors (Lipinski definition) is 1. The van der Waals surface area contributed by atoms with Crippen molar-refractivity contribution in [3.63, 3.8) is 0 Å². The lowest BCUT2D eigenvalue weighted by atomic mass is 10.2. The molecule has 6 heteroatoms. The minimum atomic E-state index is -0.554. The first-order valence-corrected chi connectivity index (χ1v) is 5.76. The maximum absolute atomic E-state index is 11.5. The third kappa shape index (κ3) is 3.98. The lowest BCUT2D eigenvalue weighted by molar-refractivity contribution is 0.0636. The van der Waals surface area contributed by atoms with Crippen molar-refractivity contribution >= 4 is 39.3 Å². The van der Waals surface area contributed by atoms with E-state index in [4.69, 9.17) is 16.3 Å². The summed E-state index contributed by atoms with van der Waals surface area (Å²) in [4.78, 5) is 15.4. The van der Waals surface area contributed by atoms with Crippen LogP contribution in [-0.4, -0.2) is 16.7 Å². The van der Waals surface area contributed by atoms with E-state index < -0.39 is 11.7 Å². The molecule has 1 aromatic heterocycles. The standard InChI is InChI=1S/C10H12BrClN2O2/c1-10(2,3)16-9(15)14-8-6(11)4-13-5-7(8)12/h4-5H,1-3H3,(H,13,14,15). The number of carbonyl (C=O) groups excluding carboxylic acids is 1. The Bertz CT molecular complexity index is 384. The van der Waals surface area contributed by atoms with Crippen LogP contribution in [0.4, 0.5) is 10.5 Å². The van der Waals surface area contributed by atoms with Crippen LogP contribution in [-0.2, 0) is 4.74 Å². The molecule has 0 aliphatic rings. The highest BCUT2D eigenvalue weighted by Crippen LogP contribution is 2.29. The number of anilines is 1. The average Bonchev–Trinajstić information content (AvgIpc) is 2.08. The van der Waals surface area contributed by atoms with Crippen LogP contribution >= 0.6 is 27.5 Å². The second-order valence-electron chi connectivity index (χ2n) is 4.11. The topological polar surface area (TPSA) is 51.2 Å². The van der Waals surface area contributed by atoms with Crippen LogP contribution in [0.15, 0.2) is 16.9 Å². The van der Waals surface area contributed by atoms with E-state index in [0.29, 0.717) is 15.2 Å². The van der Waals surface area contributed by atoms with Crippen LogP contribution in [0.5, 0.6) is 0 Å². The molecule has 4 nitrogen and oxygen atoms in total. The molecule has 16 heavy (non-hydrogen) atoms. The number of amides is 1. The van der Waals surface area contributed by atoms with E-state index in [9.17, 15) is 4.79 Å². The normalized spacial score (nSPS) is 11.1. The second kappa shape index (κ2) is 5.01. The summed E-state index contributed by atoms with van der Waals surface area (Å²) >= 11 is 9.12. The van der Waals surface area contributed by atoms with Gasteiger partial charge in [-0.15, -0.1) is 0 Å². The van der Waals surface area contributed by atoms with E-state index in [0.717, 1.165) is 0 Å². The largest absolute Gasteiger partial charge is 0.444 e. The second-order valence-corrected chi connectivity index (χ2v) is 5.37. The van der Waals surface area contributed by atoms with Gasteiger partial charge in [0.1, 0.15) is 5.60 Å². The molecule has 1 N–H and O–H groups in total. The molecule has 0 spiro atoms. The van der Waals surface area contributed by atoms with Crippen LogP contribution in [0.1, 0.15) is 20.8 Å². The highest BCUT2D eigenvalue weighted by Gasteiger charge is 2.18. The predicted molar refractivity (Wildman–Crippen MR) is 66.8 cm³/mol. The fourth-order valence-electron chi connectivity index (χ4n) is 0.936. The molecule has 1 aromatic rings. The molecule has 1 rings (SSSR count). The molecule has 0 saturated heterocycles. The van der Waals surface area contributed by atoms with Crippen molar-refractivity contribution in [2.24, 2.45) is 0 Å². The highest BCUT2D eigenvalue weighted by molar-refractivity contribution is 9.10. The van der Waals surface area contributed by atoms with Crippen LogP contribution < -0.4 is 5.32 Å². The predicted octanol–water partition coefficient (Wildman–Crippen LogP) is 3.84. The van der Waals surface area contributed by atoms with Crippen molar-refractivity contribution in [2.45, 2.75) is 26.4 Å². The molecule has 0 aliphatic heterocycles. The average molecular weight is 308 g/mol. The lowest BCUT2D eigenvalue weighted by Crippen LogP contribution is -2.27. The molecule has 1 heterocycles. The Kier molecular flexibility index (Phi) is 4.15. The molecule has 1 amide bonds. The number of aromatic nitrogens is 1. The van der Waals surface area contributed by atoms with Crippen molar-refractivity contribution < 1.29 is 9.53 Å². The molecular weight excluding hydrogens is 295 g/mol. The summed E-state index contributed by atoms with van der Waals surface area (Å²) in [6.07, 6.45) is 2.43. The number of halogens is 2. The van der Waals surface area contributed by atoms with Crippen molar-refractivity contribution in [2.75, 3.05) is 5.32 Å². The van der Waals surface area contributed by atoms with E-state index in [1.165, 1.54) is 6.20 Å². The minimum absolute atomic E-state index is 0.347. The van der Waals surface area contributed by atoms with Gasteiger partial charge in [0, 0.05) is 12.4 Å². The monoisotopic (exact) mass is 306 g/mol. The number of nitrogens with one attached hydrogen (secondary N) is 1. The van der Waals surface area contributed by atoms with E-state index in [1.807, 2.05) is 0 Å². The zero-order valence-corrected chi connectivity index (χ0v) is 11.5. The first kappa shape index (κ1) is 13.3. The Morgan fingerprint density at radius 3 is 2.62 bits per heavy atom. The quantitative estimate of drug-likeness (QED) is 0.857. The van der Waals surface area contributed by atoms with Crippen molar-refractivity contribution in [1.29, 1.82) is 0 Å². The number of ether oxygens (including phenoxy) is 1. The van der Waals surface area contributed by atoms with Gasteiger partial charge in [0.25, 0.3) is 0 Å². The summed E-state index contributed by atoms with van der Waals surface area (Å²) in [6.45, 7) is 5.36. The van der Waals surface area contributed by atoms with Gasteiger partial charge in [-0.05, 0) is 36.7 Å². The number of nitrogens with zero attached hydrogens (tertiary/aromatic N) is 1. The summed E-state index contributed by atoms with van der Waals surface area (Å²) in [5, 5.41) is 2.90. The van der Waals surface area contributed by atoms with Crippen LogP contribution in [0.25, 0.3) is 0 Å². The summed E-state index contributed by atoms with van der Waals surface area (Å²) < 4.78 is 5.70. The van der Waals surface area contributed by atoms with Gasteiger partial charge in [-0.1, -0.05) is 11.6 Å². The highest BCUT2D eigenvalue weighted by atomic mass is 79.9. The third-order valence-corrected chi connectivity index (χ3v) is 2.37. The van der Waals surface area contributed by atoms with E-state index in [1.54, 1.807) is 27.0 Å². The van der Waals surface area contributed by atoms with E-state index >= 15 is 0 Å². The molecule has 0 aromatic carbocycles. The van der Waals surface area contributed by atoms with Crippen molar-refractivity contribution in [1.82, 2.24) is 4.98 Å². The fraction of sp³-hybridized carbons (Fsp3) is 0.400. The Labute approximate surface area is 107 Å². The van der Waals surface area contributed by atoms with Gasteiger partial charge < -0.3 is 4.74 Å². The van der Waals surface area contributed by atoms with Gasteiger partial charge in [-0.2, -0.15) is 0 Å². The number of hydrogen-bond acceptors (Lipinski definition) is 3. The van der Waals surface area contributed by atoms with Gasteiger partial charge in [-0.3, -0.25) is 10.3 Å². The maximum Gasteiger partial charge on any atom is 0.412 e. The van der Waals surface area contributed by atoms with Crippen LogP contribution in [0.2, 0.25) is 5.02 Å². The Morgan fingerprint density at radius 1 is 1.50 bits per heavy atom. The molecular formula is C10H12BrClN2O2. The minimum Gasteiger partial charge on any atom is -0.444 e. The van der Waals surface area contributed by atoms with E-state index in [2.05, 4.69) is 26.2 Å². The van der Waals surface area contributed by atoms with E-state index in [-0.39, 0.29) is 0 Å². The number of pyridine rings is 1. The fourth-order valence-corrected chi connectivity index (χ4v) is 1.69. The molecule has 0 atom stereocenters. The molecule has 0 aliphatic carbocycles. The van der Waals surface area contributed by atoms with Gasteiger partial charge in [0.05, 0.1) is 15.2 Å². The molecule has 0 saturated carbocycles. The Balaban J connectivity index is 2.78. The van der Waals surface area contributed by atoms with Gasteiger partial charge in [-0.25, -0.2) is 4.79 Å². The smallest absolute Gasteiger partial charge is 0.412 e. The van der Waals surface area contributed by atoms with Gasteiger partial charge in [0.15, 0.2) is 0 Å². The van der Waals surface area contributed by atoms with Crippen LogP contribution in [0.3, 0.4) is 0 Å². The summed E-state index contributed by atoms with van der Waals surface area (Å²) in [6, 6.07) is 0. The Hall–Kier alpha value is -0.810. The van der Waals surface area contributed by atoms with Crippen LogP contribution in [0, 0.1) is 0 Å². The van der Waals surface area contributed by atoms with Crippen molar-refractivity contribution in [3.8, 4) is 0 Å². The Morgan fingerprint density at radius 2 is 2.12 bits per heavy atom. The number of rotatable bonds is 1. The summed E-state index contributed by atoms with van der Waals surface area (Å²) in [5.74, 6) is 0. The molecule has 0 fully saturated rings. The molecule has 0 radical (unpaired) electrons. The first-order valence-electron chi connectivity index (χ1n) is 4.58. The molecule has 0 unspecified atom stereocenters. The first-order chi connectivity index (χ1) is 7.29. The van der Waals surface area contributed by atoms with Crippen molar-refractivity contribution in [3.05, 3.63) is 21.9 Å². The zero-order chi connectivity index (χ0) is 12.3. The molecule has 0 bridgehead atoms. The molecule has 88 valence electrons. The lowest BCUT2D eigenvalue weighted by Gasteiger charge is -2.20. The van der Waals surface area contributed by atoms with Gasteiger partial charge >= 0.3 is 6.09 Å². The maximum atomic E-state index is 11.5. The van der Waals surface area contributed by atoms with Gasteiger partial charge in [0.2, 0.25) is 0 Å². The summed E-state index contributed by atoms with van der Waals surface area (Å²) in [7, 11) is 0. The SMILES string of the molecule is CC(C)(C)OC(=O)Nc1c(Cl)cncc1Br. The number of carbonyl (C=O) groups is 1. The summed E-state index contributed by atoms with van der Waals surface area (Å²) in [5.41, 5.74) is -0.0956.